The first-order valence-corrected chi connectivity index (χ1v) is 17.3. The fourth-order valence-corrected chi connectivity index (χ4v) is 6.52. The van der Waals surface area contributed by atoms with Crippen molar-refractivity contribution < 1.29 is 19.1 Å². The Morgan fingerprint density at radius 3 is 2.46 bits per heavy atom. The Morgan fingerprint density at radius 2 is 1.72 bits per heavy atom. The van der Waals surface area contributed by atoms with Crippen LogP contribution in [0, 0.1) is 0 Å². The van der Waals surface area contributed by atoms with Crippen LogP contribution in [0.4, 0.5) is 9.59 Å². The number of fused-ring (bicyclic) bond motifs is 1. The molecular formula is C37H57N5O4. The highest BCUT2D eigenvalue weighted by Crippen LogP contribution is 2.34. The van der Waals surface area contributed by atoms with Crippen molar-refractivity contribution in [3.63, 3.8) is 0 Å². The van der Waals surface area contributed by atoms with Gasteiger partial charge in [0.1, 0.15) is 11.2 Å². The van der Waals surface area contributed by atoms with Crippen LogP contribution < -0.4 is 5.32 Å². The molecule has 1 fully saturated rings. The van der Waals surface area contributed by atoms with Crippen LogP contribution in [-0.4, -0.2) is 94.9 Å². The minimum atomic E-state index is -0.554. The number of amides is 2. The van der Waals surface area contributed by atoms with Gasteiger partial charge in [-0.2, -0.15) is 0 Å². The molecule has 1 aromatic carbocycles. The Kier molecular flexibility index (Phi) is 12.9. The summed E-state index contributed by atoms with van der Waals surface area (Å²) in [6.07, 6.45) is 8.38. The zero-order chi connectivity index (χ0) is 33.2. The summed E-state index contributed by atoms with van der Waals surface area (Å²) in [6.45, 7) is 16.9. The molecule has 254 valence electrons. The van der Waals surface area contributed by atoms with Gasteiger partial charge in [-0.05, 0) is 117 Å². The van der Waals surface area contributed by atoms with Crippen molar-refractivity contribution in [3.8, 4) is 0 Å². The predicted octanol–water partition coefficient (Wildman–Crippen LogP) is 6.62. The Labute approximate surface area is 277 Å². The standard InChI is InChI=1S/C37H57N5O4/c1-36(2,3)45-34(43)39-21-10-11-24-41(32-20-12-18-30-19-13-22-38-33(30)32)28-31-27-40(23-14-17-29-15-8-7-9-16-29)25-26-42(31)35(44)46-37(4,5)6/h7-9,13,15-16,19,22,31-32H,10-12,14,17-18,20-21,23-28H2,1-6H3,(H,39,43)/t31-,32+/m1/s1. The number of hydrogen-bond acceptors (Lipinski definition) is 7. The molecule has 9 heteroatoms. The number of benzene rings is 1. The monoisotopic (exact) mass is 635 g/mol. The van der Waals surface area contributed by atoms with E-state index in [1.807, 2.05) is 58.7 Å². The lowest BCUT2D eigenvalue weighted by molar-refractivity contribution is -0.0113. The van der Waals surface area contributed by atoms with Gasteiger partial charge >= 0.3 is 12.2 Å². The smallest absolute Gasteiger partial charge is 0.410 e. The lowest BCUT2D eigenvalue weighted by atomic mass is 9.90. The molecule has 2 heterocycles. The van der Waals surface area contributed by atoms with Gasteiger partial charge in [0.05, 0.1) is 17.8 Å². The number of aromatic nitrogens is 1. The Balaban J connectivity index is 1.47. The largest absolute Gasteiger partial charge is 0.444 e. The number of aryl methyl sites for hydroxylation is 2. The lowest BCUT2D eigenvalue weighted by Gasteiger charge is -2.45. The number of alkyl carbamates (subject to hydrolysis) is 1. The fraction of sp³-hybridized carbons (Fsp3) is 0.649. The third-order valence-electron chi connectivity index (χ3n) is 8.57. The minimum Gasteiger partial charge on any atom is -0.444 e. The minimum absolute atomic E-state index is 0.00528. The normalized spacial score (nSPS) is 19.1. The molecule has 46 heavy (non-hydrogen) atoms. The van der Waals surface area contributed by atoms with Crippen LogP contribution in [0.25, 0.3) is 0 Å². The van der Waals surface area contributed by atoms with Crippen LogP contribution in [0.2, 0.25) is 0 Å². The van der Waals surface area contributed by atoms with Crippen LogP contribution in [0.5, 0.6) is 0 Å². The summed E-state index contributed by atoms with van der Waals surface area (Å²) < 4.78 is 11.3. The number of carbonyl (C=O) groups excluding carboxylic acids is 2. The van der Waals surface area contributed by atoms with E-state index in [-0.39, 0.29) is 24.3 Å². The molecule has 4 rings (SSSR count). The van der Waals surface area contributed by atoms with E-state index < -0.39 is 11.2 Å². The molecule has 2 atom stereocenters. The van der Waals surface area contributed by atoms with E-state index in [1.54, 1.807) is 0 Å². The Hall–Kier alpha value is -3.17. The third-order valence-corrected chi connectivity index (χ3v) is 8.57. The molecule has 2 amide bonds. The molecule has 1 N–H and O–H groups in total. The summed E-state index contributed by atoms with van der Waals surface area (Å²) >= 11 is 0. The van der Waals surface area contributed by atoms with Crippen LogP contribution in [0.15, 0.2) is 48.7 Å². The second-order valence-electron chi connectivity index (χ2n) is 14.8. The zero-order valence-corrected chi connectivity index (χ0v) is 29.1. The Morgan fingerprint density at radius 1 is 0.957 bits per heavy atom. The van der Waals surface area contributed by atoms with E-state index >= 15 is 0 Å². The van der Waals surface area contributed by atoms with Crippen molar-refractivity contribution in [2.75, 3.05) is 45.8 Å². The molecule has 0 bridgehead atoms. The van der Waals surface area contributed by atoms with Crippen LogP contribution >= 0.6 is 0 Å². The first-order chi connectivity index (χ1) is 21.9. The van der Waals surface area contributed by atoms with Crippen LogP contribution in [0.1, 0.15) is 96.5 Å². The number of pyridine rings is 1. The summed E-state index contributed by atoms with van der Waals surface area (Å²) in [5.74, 6) is 0. The molecule has 0 spiro atoms. The van der Waals surface area contributed by atoms with Crippen molar-refractivity contribution in [1.82, 2.24) is 25.0 Å². The van der Waals surface area contributed by atoms with Gasteiger partial charge in [-0.3, -0.25) is 14.8 Å². The molecule has 1 aliphatic heterocycles. The second kappa shape index (κ2) is 16.6. The molecule has 2 aromatic rings. The third kappa shape index (κ3) is 11.6. The average molecular weight is 636 g/mol. The maximum absolute atomic E-state index is 13.6. The van der Waals surface area contributed by atoms with Gasteiger partial charge in [-0.15, -0.1) is 0 Å². The van der Waals surface area contributed by atoms with E-state index in [4.69, 9.17) is 14.5 Å². The summed E-state index contributed by atoms with van der Waals surface area (Å²) in [7, 11) is 0. The molecule has 9 nitrogen and oxygen atoms in total. The van der Waals surface area contributed by atoms with Crippen molar-refractivity contribution in [3.05, 3.63) is 65.5 Å². The van der Waals surface area contributed by atoms with Gasteiger partial charge in [0.15, 0.2) is 0 Å². The topological polar surface area (TPSA) is 87.2 Å². The summed E-state index contributed by atoms with van der Waals surface area (Å²) in [6, 6.07) is 15.1. The van der Waals surface area contributed by atoms with Crippen molar-refractivity contribution in [1.29, 1.82) is 0 Å². The fourth-order valence-electron chi connectivity index (χ4n) is 6.52. The number of nitrogens with zero attached hydrogens (tertiary/aromatic N) is 4. The first-order valence-electron chi connectivity index (χ1n) is 17.3. The summed E-state index contributed by atoms with van der Waals surface area (Å²) in [4.78, 5) is 37.6. The quantitative estimate of drug-likeness (QED) is 0.262. The molecule has 1 aliphatic carbocycles. The van der Waals surface area contributed by atoms with E-state index in [1.165, 1.54) is 16.8 Å². The second-order valence-corrected chi connectivity index (χ2v) is 14.8. The van der Waals surface area contributed by atoms with Crippen LogP contribution in [-0.2, 0) is 22.3 Å². The van der Waals surface area contributed by atoms with Crippen molar-refractivity contribution >= 4 is 12.2 Å². The number of unbranched alkanes of at least 4 members (excludes halogenated alkanes) is 1. The predicted molar refractivity (Wildman–Crippen MR) is 183 cm³/mol. The van der Waals surface area contributed by atoms with E-state index in [9.17, 15) is 9.59 Å². The highest BCUT2D eigenvalue weighted by molar-refractivity contribution is 5.69. The van der Waals surface area contributed by atoms with Gasteiger partial charge in [0, 0.05) is 38.9 Å². The van der Waals surface area contributed by atoms with E-state index in [2.05, 4.69) is 51.5 Å². The number of hydrogen-bond donors (Lipinski definition) is 1. The maximum atomic E-state index is 13.6. The number of carbonyl (C=O) groups is 2. The van der Waals surface area contributed by atoms with Crippen LogP contribution in [0.3, 0.4) is 0 Å². The molecular weight excluding hydrogens is 578 g/mol. The average Bonchev–Trinajstić information content (AvgIpc) is 2.99. The maximum Gasteiger partial charge on any atom is 0.410 e. The van der Waals surface area contributed by atoms with Gasteiger partial charge in [0.2, 0.25) is 0 Å². The van der Waals surface area contributed by atoms with Crippen molar-refractivity contribution in [2.45, 2.75) is 110 Å². The van der Waals surface area contributed by atoms with Gasteiger partial charge in [-0.1, -0.05) is 36.4 Å². The number of nitrogens with one attached hydrogen (secondary N) is 1. The molecule has 0 radical (unpaired) electrons. The molecule has 1 saturated heterocycles. The first kappa shape index (κ1) is 35.7. The molecule has 2 aliphatic rings. The van der Waals surface area contributed by atoms with Gasteiger partial charge in [-0.25, -0.2) is 9.59 Å². The SMILES string of the molecule is CC(C)(C)OC(=O)NCCCCN(C[C@H]1CN(CCCc2ccccc2)CCN1C(=O)OC(C)(C)C)[C@H]1CCCc2cccnc21. The number of rotatable bonds is 12. The van der Waals surface area contributed by atoms with Gasteiger partial charge in [0.25, 0.3) is 0 Å². The van der Waals surface area contributed by atoms with E-state index in [0.717, 1.165) is 77.7 Å². The number of piperazine rings is 1. The van der Waals surface area contributed by atoms with Crippen molar-refractivity contribution in [2.24, 2.45) is 0 Å². The Bertz CT molecular complexity index is 1240. The molecule has 0 unspecified atom stereocenters. The number of ether oxygens (including phenoxy) is 2. The summed E-state index contributed by atoms with van der Waals surface area (Å²) in [5.41, 5.74) is 2.78. The van der Waals surface area contributed by atoms with Gasteiger partial charge < -0.3 is 19.7 Å². The zero-order valence-electron chi connectivity index (χ0n) is 29.1. The highest BCUT2D eigenvalue weighted by Gasteiger charge is 2.36. The lowest BCUT2D eigenvalue weighted by Crippen LogP contribution is -2.59. The molecule has 1 aromatic heterocycles. The summed E-state index contributed by atoms with van der Waals surface area (Å²) in [5, 5.41) is 2.90. The highest BCUT2D eigenvalue weighted by atomic mass is 16.6. The molecule has 0 saturated carbocycles. The van der Waals surface area contributed by atoms with E-state index in [0.29, 0.717) is 13.1 Å².